The van der Waals surface area contributed by atoms with Crippen LogP contribution in [0.4, 0.5) is 5.82 Å². The first-order valence-electron chi connectivity index (χ1n) is 5.87. The van der Waals surface area contributed by atoms with E-state index in [0.717, 1.165) is 50.1 Å². The van der Waals surface area contributed by atoms with Crippen molar-refractivity contribution in [1.29, 1.82) is 0 Å². The first-order valence-corrected chi connectivity index (χ1v) is 7.09. The summed E-state index contributed by atoms with van der Waals surface area (Å²) in [6.45, 7) is 5.90. The highest BCUT2D eigenvalue weighted by molar-refractivity contribution is 7.98. The van der Waals surface area contributed by atoms with E-state index in [-0.39, 0.29) is 0 Å². The van der Waals surface area contributed by atoms with Crippen LogP contribution in [0.5, 0.6) is 0 Å². The van der Waals surface area contributed by atoms with Crippen LogP contribution in [0.25, 0.3) is 0 Å². The van der Waals surface area contributed by atoms with Crippen molar-refractivity contribution in [1.82, 2.24) is 14.9 Å². The standard InChI is InChI=1S/C11H19N5S/c1-17-11-8-10(13-9-14-11)16-6-4-15(3-2-12)5-7-16/h8-9H,2-7,12H2,1H3. The number of nitrogens with two attached hydrogens (primary N) is 1. The zero-order valence-electron chi connectivity index (χ0n) is 10.2. The number of hydrogen-bond donors (Lipinski definition) is 1. The fraction of sp³-hybridized carbons (Fsp3) is 0.636. The second kappa shape index (κ2) is 6.18. The Kier molecular flexibility index (Phi) is 4.58. The van der Waals surface area contributed by atoms with Crippen molar-refractivity contribution in [3.05, 3.63) is 12.4 Å². The van der Waals surface area contributed by atoms with Gasteiger partial charge < -0.3 is 10.6 Å². The molecule has 0 atom stereocenters. The van der Waals surface area contributed by atoms with E-state index in [4.69, 9.17) is 5.73 Å². The van der Waals surface area contributed by atoms with Gasteiger partial charge in [0.15, 0.2) is 0 Å². The Bertz CT molecular complexity index is 351. The fourth-order valence-electron chi connectivity index (χ4n) is 2.00. The molecule has 0 unspecified atom stereocenters. The van der Waals surface area contributed by atoms with E-state index in [9.17, 15) is 0 Å². The maximum Gasteiger partial charge on any atom is 0.133 e. The molecular formula is C11H19N5S. The lowest BCUT2D eigenvalue weighted by atomic mass is 10.3. The van der Waals surface area contributed by atoms with Gasteiger partial charge in [-0.2, -0.15) is 0 Å². The number of hydrogen-bond acceptors (Lipinski definition) is 6. The second-order valence-corrected chi connectivity index (χ2v) is 4.86. The minimum Gasteiger partial charge on any atom is -0.354 e. The highest BCUT2D eigenvalue weighted by atomic mass is 32.2. The summed E-state index contributed by atoms with van der Waals surface area (Å²) in [4.78, 5) is 13.2. The van der Waals surface area contributed by atoms with Crippen molar-refractivity contribution >= 4 is 17.6 Å². The van der Waals surface area contributed by atoms with E-state index >= 15 is 0 Å². The average molecular weight is 253 g/mol. The topological polar surface area (TPSA) is 58.3 Å². The smallest absolute Gasteiger partial charge is 0.133 e. The molecule has 0 amide bonds. The van der Waals surface area contributed by atoms with Gasteiger partial charge in [0, 0.05) is 45.3 Å². The van der Waals surface area contributed by atoms with Crippen LogP contribution >= 0.6 is 11.8 Å². The Morgan fingerprint density at radius 2 is 2.06 bits per heavy atom. The summed E-state index contributed by atoms with van der Waals surface area (Å²) >= 11 is 1.65. The van der Waals surface area contributed by atoms with Gasteiger partial charge in [-0.3, -0.25) is 4.90 Å². The maximum atomic E-state index is 5.56. The van der Waals surface area contributed by atoms with Crippen LogP contribution < -0.4 is 10.6 Å². The van der Waals surface area contributed by atoms with Gasteiger partial charge in [-0.15, -0.1) is 11.8 Å². The van der Waals surface area contributed by atoms with Gasteiger partial charge in [0.2, 0.25) is 0 Å². The lowest BCUT2D eigenvalue weighted by molar-refractivity contribution is 0.264. The molecular weight excluding hydrogens is 234 g/mol. The summed E-state index contributed by atoms with van der Waals surface area (Å²) < 4.78 is 0. The average Bonchev–Trinajstić information content (AvgIpc) is 2.40. The largest absolute Gasteiger partial charge is 0.354 e. The summed E-state index contributed by atoms with van der Waals surface area (Å²) in [6.07, 6.45) is 3.68. The van der Waals surface area contributed by atoms with Crippen molar-refractivity contribution < 1.29 is 0 Å². The third-order valence-corrected chi connectivity index (χ3v) is 3.62. The Morgan fingerprint density at radius 1 is 1.29 bits per heavy atom. The number of rotatable bonds is 4. The van der Waals surface area contributed by atoms with Crippen molar-refractivity contribution in [3.63, 3.8) is 0 Å². The summed E-state index contributed by atoms with van der Waals surface area (Å²) in [5.74, 6) is 1.04. The number of aromatic nitrogens is 2. The van der Waals surface area contributed by atoms with Gasteiger partial charge in [-0.05, 0) is 6.26 Å². The Labute approximate surface area is 106 Å². The van der Waals surface area contributed by atoms with E-state index in [1.165, 1.54) is 0 Å². The molecule has 1 fully saturated rings. The highest BCUT2D eigenvalue weighted by Gasteiger charge is 2.17. The van der Waals surface area contributed by atoms with Crippen LogP contribution in [0.15, 0.2) is 17.4 Å². The molecule has 1 aromatic rings. The van der Waals surface area contributed by atoms with Gasteiger partial charge >= 0.3 is 0 Å². The molecule has 0 radical (unpaired) electrons. The Balaban J connectivity index is 1.95. The molecule has 0 aliphatic carbocycles. The molecule has 1 saturated heterocycles. The molecule has 5 nitrogen and oxygen atoms in total. The molecule has 2 N–H and O–H groups in total. The van der Waals surface area contributed by atoms with Crippen LogP contribution in [0.2, 0.25) is 0 Å². The van der Waals surface area contributed by atoms with Crippen LogP contribution in [-0.4, -0.2) is 60.4 Å². The summed E-state index contributed by atoms with van der Waals surface area (Å²) in [6, 6.07) is 2.06. The molecule has 0 bridgehead atoms. The highest BCUT2D eigenvalue weighted by Crippen LogP contribution is 2.18. The van der Waals surface area contributed by atoms with Crippen LogP contribution in [0, 0.1) is 0 Å². The Morgan fingerprint density at radius 3 is 2.71 bits per heavy atom. The van der Waals surface area contributed by atoms with Crippen LogP contribution in [-0.2, 0) is 0 Å². The quantitative estimate of drug-likeness (QED) is 0.614. The minimum absolute atomic E-state index is 0.740. The van der Waals surface area contributed by atoms with Gasteiger partial charge in [0.05, 0.1) is 0 Å². The summed E-state index contributed by atoms with van der Waals surface area (Å²) in [7, 11) is 0. The van der Waals surface area contributed by atoms with E-state index in [1.54, 1.807) is 18.1 Å². The van der Waals surface area contributed by atoms with E-state index in [2.05, 4.69) is 25.8 Å². The summed E-state index contributed by atoms with van der Waals surface area (Å²) in [5, 5.41) is 1.03. The monoisotopic (exact) mass is 253 g/mol. The zero-order valence-corrected chi connectivity index (χ0v) is 11.0. The number of anilines is 1. The van der Waals surface area contributed by atoms with Crippen molar-refractivity contribution in [2.75, 3.05) is 50.4 Å². The van der Waals surface area contributed by atoms with Crippen LogP contribution in [0.3, 0.4) is 0 Å². The van der Waals surface area contributed by atoms with Gasteiger partial charge in [-0.1, -0.05) is 0 Å². The number of piperazine rings is 1. The molecule has 1 aromatic heterocycles. The first-order chi connectivity index (χ1) is 8.33. The maximum absolute atomic E-state index is 5.56. The van der Waals surface area contributed by atoms with Gasteiger partial charge in [0.25, 0.3) is 0 Å². The zero-order chi connectivity index (χ0) is 12.1. The normalized spacial score (nSPS) is 17.4. The number of thioether (sulfide) groups is 1. The van der Waals surface area contributed by atoms with Gasteiger partial charge in [0.1, 0.15) is 17.2 Å². The van der Waals surface area contributed by atoms with Crippen molar-refractivity contribution in [2.45, 2.75) is 5.03 Å². The van der Waals surface area contributed by atoms with Gasteiger partial charge in [-0.25, -0.2) is 9.97 Å². The molecule has 0 spiro atoms. The van der Waals surface area contributed by atoms with E-state index < -0.39 is 0 Å². The predicted molar refractivity (Wildman–Crippen MR) is 71.5 cm³/mol. The molecule has 0 aromatic carbocycles. The third kappa shape index (κ3) is 3.31. The van der Waals surface area contributed by atoms with Crippen molar-refractivity contribution in [2.24, 2.45) is 5.73 Å². The van der Waals surface area contributed by atoms with Crippen LogP contribution in [0.1, 0.15) is 0 Å². The lowest BCUT2D eigenvalue weighted by Crippen LogP contribution is -2.48. The number of nitrogens with zero attached hydrogens (tertiary/aromatic N) is 4. The molecule has 1 aliphatic rings. The van der Waals surface area contributed by atoms with Crippen molar-refractivity contribution in [3.8, 4) is 0 Å². The second-order valence-electron chi connectivity index (χ2n) is 4.04. The lowest BCUT2D eigenvalue weighted by Gasteiger charge is -2.35. The third-order valence-electron chi connectivity index (χ3n) is 2.98. The predicted octanol–water partition coefficient (Wildman–Crippen LogP) is 0.279. The Hall–Kier alpha value is -0.850. The first kappa shape index (κ1) is 12.6. The molecule has 2 rings (SSSR count). The summed E-state index contributed by atoms with van der Waals surface area (Å²) in [5.41, 5.74) is 5.56. The molecule has 94 valence electrons. The van der Waals surface area contributed by atoms with E-state index in [0.29, 0.717) is 0 Å². The molecule has 0 saturated carbocycles. The SMILES string of the molecule is CSc1cc(N2CCN(CCN)CC2)ncn1. The molecule has 1 aliphatic heterocycles. The minimum atomic E-state index is 0.740. The fourth-order valence-corrected chi connectivity index (χ4v) is 2.37. The molecule has 17 heavy (non-hydrogen) atoms. The molecule has 6 heteroatoms. The van der Waals surface area contributed by atoms with E-state index in [1.807, 2.05) is 6.26 Å². The molecule has 2 heterocycles.